The molecule has 0 radical (unpaired) electrons. The van der Waals surface area contributed by atoms with Crippen molar-refractivity contribution in [2.75, 3.05) is 20.1 Å². The first-order chi connectivity index (χ1) is 12.5. The zero-order valence-electron chi connectivity index (χ0n) is 14.7. The van der Waals surface area contributed by atoms with Crippen molar-refractivity contribution < 1.29 is 14.0 Å². The Morgan fingerprint density at radius 3 is 3.04 bits per heavy atom. The van der Waals surface area contributed by atoms with Crippen LogP contribution in [0.25, 0.3) is 0 Å². The van der Waals surface area contributed by atoms with Crippen LogP contribution < -0.4 is 10.6 Å². The minimum absolute atomic E-state index is 0.0805. The Morgan fingerprint density at radius 2 is 2.31 bits per heavy atom. The smallest absolute Gasteiger partial charge is 0.242 e. The number of hydrogen-bond donors (Lipinski definition) is 2. The Hall–Kier alpha value is -2.32. The SMILES string of the molecule is CNC(=O)Cc1nc(CN2CCNC(=O)[C@@H]2c2ccc(F)cc2C)cs1. The molecule has 1 saturated heterocycles. The first kappa shape index (κ1) is 18.5. The van der Waals surface area contributed by atoms with Gasteiger partial charge >= 0.3 is 0 Å². The van der Waals surface area contributed by atoms with Crippen molar-refractivity contribution in [3.63, 3.8) is 0 Å². The van der Waals surface area contributed by atoms with Gasteiger partial charge in [-0.1, -0.05) is 6.07 Å². The topological polar surface area (TPSA) is 74.3 Å². The van der Waals surface area contributed by atoms with Crippen LogP contribution in [-0.2, 0) is 22.6 Å². The molecular formula is C18H21FN4O2S. The van der Waals surface area contributed by atoms with Gasteiger partial charge in [-0.05, 0) is 30.2 Å². The minimum Gasteiger partial charge on any atom is -0.359 e. The number of carbonyl (C=O) groups excluding carboxylic acids is 2. The number of aromatic nitrogens is 1. The van der Waals surface area contributed by atoms with Gasteiger partial charge in [0.05, 0.1) is 12.1 Å². The van der Waals surface area contributed by atoms with Crippen LogP contribution in [0.3, 0.4) is 0 Å². The molecule has 1 aliphatic heterocycles. The van der Waals surface area contributed by atoms with Gasteiger partial charge in [0.25, 0.3) is 0 Å². The van der Waals surface area contributed by atoms with Crippen LogP contribution in [0.4, 0.5) is 4.39 Å². The number of hydrogen-bond acceptors (Lipinski definition) is 5. The molecule has 0 saturated carbocycles. The summed E-state index contributed by atoms with van der Waals surface area (Å²) in [5, 5.41) is 8.13. The molecule has 1 aromatic carbocycles. The second-order valence-corrected chi connectivity index (χ2v) is 7.19. The first-order valence-corrected chi connectivity index (χ1v) is 9.27. The van der Waals surface area contributed by atoms with Gasteiger partial charge in [-0.3, -0.25) is 14.5 Å². The van der Waals surface area contributed by atoms with Gasteiger partial charge in [-0.25, -0.2) is 9.37 Å². The van der Waals surface area contributed by atoms with Gasteiger partial charge < -0.3 is 10.6 Å². The second-order valence-electron chi connectivity index (χ2n) is 6.25. The maximum absolute atomic E-state index is 13.4. The van der Waals surface area contributed by atoms with E-state index in [-0.39, 0.29) is 24.1 Å². The standard InChI is InChI=1S/C18H21FN4O2S/c1-11-7-12(19)3-4-14(11)17-18(25)21-5-6-23(17)9-13-10-26-16(22-13)8-15(24)20-2/h3-4,7,10,17H,5-6,8-9H2,1-2H3,(H,20,24)(H,21,25)/t17-/m0/s1. The van der Waals surface area contributed by atoms with E-state index in [1.54, 1.807) is 13.1 Å². The molecule has 138 valence electrons. The Morgan fingerprint density at radius 1 is 1.50 bits per heavy atom. The van der Waals surface area contributed by atoms with Crippen molar-refractivity contribution in [3.8, 4) is 0 Å². The second kappa shape index (κ2) is 7.92. The summed E-state index contributed by atoms with van der Waals surface area (Å²) >= 11 is 1.44. The van der Waals surface area contributed by atoms with E-state index in [1.807, 2.05) is 17.2 Å². The molecule has 2 amide bonds. The van der Waals surface area contributed by atoms with E-state index in [2.05, 4.69) is 15.6 Å². The molecule has 1 aromatic heterocycles. The molecule has 3 rings (SSSR count). The quantitative estimate of drug-likeness (QED) is 0.830. The van der Waals surface area contributed by atoms with Gasteiger partial charge in [0.1, 0.15) is 16.9 Å². The van der Waals surface area contributed by atoms with Crippen LogP contribution in [-0.4, -0.2) is 41.8 Å². The van der Waals surface area contributed by atoms with Crippen LogP contribution in [0.1, 0.15) is 27.9 Å². The number of aryl methyl sites for hydroxylation is 1. The molecule has 1 fully saturated rings. The molecule has 2 aromatic rings. The third-order valence-electron chi connectivity index (χ3n) is 4.39. The summed E-state index contributed by atoms with van der Waals surface area (Å²) in [5.74, 6) is -0.484. The van der Waals surface area contributed by atoms with Crippen molar-refractivity contribution in [1.29, 1.82) is 0 Å². The number of likely N-dealkylation sites (N-methyl/N-ethyl adjacent to an activating group) is 1. The lowest BCUT2D eigenvalue weighted by atomic mass is 9.97. The molecular weight excluding hydrogens is 355 g/mol. The van der Waals surface area contributed by atoms with Crippen LogP contribution in [0.2, 0.25) is 0 Å². The summed E-state index contributed by atoms with van der Waals surface area (Å²) in [7, 11) is 1.60. The zero-order chi connectivity index (χ0) is 18.7. The van der Waals surface area contributed by atoms with Crippen molar-refractivity contribution in [1.82, 2.24) is 20.5 Å². The molecule has 2 N–H and O–H groups in total. The summed E-state index contributed by atoms with van der Waals surface area (Å²) in [4.78, 5) is 30.5. The summed E-state index contributed by atoms with van der Waals surface area (Å²) in [6, 6.07) is 4.02. The predicted molar refractivity (Wildman–Crippen MR) is 97.2 cm³/mol. The highest BCUT2D eigenvalue weighted by molar-refractivity contribution is 7.09. The molecule has 0 aliphatic carbocycles. The highest BCUT2D eigenvalue weighted by Crippen LogP contribution is 2.28. The lowest BCUT2D eigenvalue weighted by Gasteiger charge is -2.35. The predicted octanol–water partition coefficient (Wildman–Crippen LogP) is 1.55. The van der Waals surface area contributed by atoms with E-state index >= 15 is 0 Å². The number of rotatable bonds is 5. The highest BCUT2D eigenvalue weighted by Gasteiger charge is 2.32. The van der Waals surface area contributed by atoms with E-state index in [0.29, 0.717) is 19.6 Å². The summed E-state index contributed by atoms with van der Waals surface area (Å²) in [6.07, 6.45) is 0.252. The third kappa shape index (κ3) is 4.08. The molecule has 0 spiro atoms. The van der Waals surface area contributed by atoms with E-state index in [0.717, 1.165) is 21.8 Å². The van der Waals surface area contributed by atoms with Crippen molar-refractivity contribution in [3.05, 3.63) is 51.2 Å². The number of halogens is 1. The Bertz CT molecular complexity index is 823. The molecule has 2 heterocycles. The van der Waals surface area contributed by atoms with Gasteiger partial charge in [0.15, 0.2) is 0 Å². The number of carbonyl (C=O) groups is 2. The molecule has 6 nitrogen and oxygen atoms in total. The van der Waals surface area contributed by atoms with Gasteiger partial charge in [0.2, 0.25) is 11.8 Å². The monoisotopic (exact) mass is 376 g/mol. The maximum atomic E-state index is 13.4. The zero-order valence-corrected chi connectivity index (χ0v) is 15.5. The average Bonchev–Trinajstić information content (AvgIpc) is 3.03. The van der Waals surface area contributed by atoms with Crippen molar-refractivity contribution in [2.24, 2.45) is 0 Å². The van der Waals surface area contributed by atoms with Gasteiger partial charge in [0, 0.05) is 32.1 Å². The number of nitrogens with one attached hydrogen (secondary N) is 2. The van der Waals surface area contributed by atoms with Crippen molar-refractivity contribution >= 4 is 23.2 Å². The fraction of sp³-hybridized carbons (Fsp3) is 0.389. The van der Waals surface area contributed by atoms with Crippen LogP contribution in [0, 0.1) is 12.7 Å². The van der Waals surface area contributed by atoms with Crippen LogP contribution in [0.5, 0.6) is 0 Å². The molecule has 8 heteroatoms. The first-order valence-electron chi connectivity index (χ1n) is 8.39. The fourth-order valence-corrected chi connectivity index (χ4v) is 3.89. The number of amides is 2. The minimum atomic E-state index is -0.478. The normalized spacial score (nSPS) is 17.8. The Kier molecular flexibility index (Phi) is 5.63. The lowest BCUT2D eigenvalue weighted by Crippen LogP contribution is -2.49. The molecule has 0 unspecified atom stereocenters. The Labute approximate surface area is 155 Å². The van der Waals surface area contributed by atoms with E-state index < -0.39 is 6.04 Å². The summed E-state index contributed by atoms with van der Waals surface area (Å²) < 4.78 is 13.4. The highest BCUT2D eigenvalue weighted by atomic mass is 32.1. The van der Waals surface area contributed by atoms with Crippen LogP contribution >= 0.6 is 11.3 Å². The largest absolute Gasteiger partial charge is 0.359 e. The summed E-state index contributed by atoms with van der Waals surface area (Å²) in [6.45, 7) is 3.54. The van der Waals surface area contributed by atoms with Gasteiger partial charge in [-0.15, -0.1) is 11.3 Å². The third-order valence-corrected chi connectivity index (χ3v) is 5.29. The number of benzene rings is 1. The molecule has 1 aliphatic rings. The maximum Gasteiger partial charge on any atom is 0.242 e. The van der Waals surface area contributed by atoms with Crippen LogP contribution in [0.15, 0.2) is 23.6 Å². The summed E-state index contributed by atoms with van der Waals surface area (Å²) in [5.41, 5.74) is 2.37. The number of thiazole rings is 1. The molecule has 1 atom stereocenters. The van der Waals surface area contributed by atoms with Gasteiger partial charge in [-0.2, -0.15) is 0 Å². The van der Waals surface area contributed by atoms with E-state index in [1.165, 1.54) is 23.5 Å². The molecule has 0 bridgehead atoms. The average molecular weight is 376 g/mol. The number of nitrogens with zero attached hydrogens (tertiary/aromatic N) is 2. The lowest BCUT2D eigenvalue weighted by molar-refractivity contribution is -0.129. The molecule has 26 heavy (non-hydrogen) atoms. The Balaban J connectivity index is 1.80. The fourth-order valence-electron chi connectivity index (χ4n) is 3.11. The van der Waals surface area contributed by atoms with E-state index in [4.69, 9.17) is 0 Å². The van der Waals surface area contributed by atoms with E-state index in [9.17, 15) is 14.0 Å². The van der Waals surface area contributed by atoms with Crippen molar-refractivity contribution in [2.45, 2.75) is 25.9 Å². The number of piperazine rings is 1.